The van der Waals surface area contributed by atoms with Crippen LogP contribution in [0.5, 0.6) is 0 Å². The van der Waals surface area contributed by atoms with E-state index in [1.54, 1.807) is 6.07 Å². The van der Waals surface area contributed by atoms with Crippen molar-refractivity contribution < 1.29 is 4.79 Å². The Hall–Kier alpha value is -0.540. The third kappa shape index (κ3) is 3.73. The highest BCUT2D eigenvalue weighted by molar-refractivity contribution is 9.10. The average molecular weight is 345 g/mol. The van der Waals surface area contributed by atoms with Crippen molar-refractivity contribution in [2.24, 2.45) is 5.92 Å². The molecule has 0 N–H and O–H groups in total. The van der Waals surface area contributed by atoms with E-state index in [9.17, 15) is 4.79 Å². The quantitative estimate of drug-likeness (QED) is 0.774. The molecule has 1 amide bonds. The summed E-state index contributed by atoms with van der Waals surface area (Å²) in [6.45, 7) is 3.93. The molecule has 1 aliphatic rings. The third-order valence-electron chi connectivity index (χ3n) is 3.76. The van der Waals surface area contributed by atoms with E-state index in [1.807, 2.05) is 17.0 Å². The number of halogens is 2. The number of rotatable bonds is 3. The number of benzene rings is 1. The molecule has 0 spiro atoms. The van der Waals surface area contributed by atoms with Crippen LogP contribution in [-0.2, 0) is 0 Å². The van der Waals surface area contributed by atoms with Gasteiger partial charge in [0.15, 0.2) is 0 Å². The number of hydrogen-bond acceptors (Lipinski definition) is 1. The predicted molar refractivity (Wildman–Crippen MR) is 82.7 cm³/mol. The van der Waals surface area contributed by atoms with Crippen molar-refractivity contribution in [2.75, 3.05) is 13.1 Å². The van der Waals surface area contributed by atoms with Crippen LogP contribution < -0.4 is 0 Å². The molecule has 0 aliphatic carbocycles. The van der Waals surface area contributed by atoms with Gasteiger partial charge < -0.3 is 4.90 Å². The van der Waals surface area contributed by atoms with Gasteiger partial charge in [0.2, 0.25) is 0 Å². The van der Waals surface area contributed by atoms with E-state index in [1.165, 1.54) is 12.8 Å². The van der Waals surface area contributed by atoms with Crippen LogP contribution in [0.2, 0.25) is 5.02 Å². The third-order valence-corrected chi connectivity index (χ3v) is 4.58. The molecule has 0 saturated carbocycles. The zero-order valence-corrected chi connectivity index (χ0v) is 13.5. The van der Waals surface area contributed by atoms with Crippen LogP contribution in [0.4, 0.5) is 0 Å². The maximum atomic E-state index is 12.5. The lowest BCUT2D eigenvalue weighted by molar-refractivity contribution is 0.0686. The fraction of sp³-hybridized carbons (Fsp3) is 0.533. The van der Waals surface area contributed by atoms with Crippen LogP contribution in [0.3, 0.4) is 0 Å². The van der Waals surface area contributed by atoms with Gasteiger partial charge in [-0.1, -0.05) is 47.3 Å². The number of piperidine rings is 1. The molecule has 0 bridgehead atoms. The van der Waals surface area contributed by atoms with Crippen molar-refractivity contribution in [3.8, 4) is 0 Å². The van der Waals surface area contributed by atoms with E-state index in [0.717, 1.165) is 36.3 Å². The summed E-state index contributed by atoms with van der Waals surface area (Å²) in [5, 5.41) is 0.531. The zero-order valence-electron chi connectivity index (χ0n) is 11.2. The first kappa shape index (κ1) is 14.9. The second kappa shape index (κ2) is 6.76. The summed E-state index contributed by atoms with van der Waals surface area (Å²) in [7, 11) is 0. The summed E-state index contributed by atoms with van der Waals surface area (Å²) in [6.07, 6.45) is 4.74. The number of carbonyl (C=O) groups excluding carboxylic acids is 1. The maximum Gasteiger partial charge on any atom is 0.255 e. The lowest BCUT2D eigenvalue weighted by atomic mass is 9.92. The first-order chi connectivity index (χ1) is 9.11. The van der Waals surface area contributed by atoms with Crippen molar-refractivity contribution in [3.05, 3.63) is 33.3 Å². The predicted octanol–water partition coefficient (Wildman–Crippen LogP) is 4.75. The molecule has 1 fully saturated rings. The normalized spacial score (nSPS) is 16.7. The van der Waals surface area contributed by atoms with Crippen LogP contribution >= 0.6 is 27.5 Å². The topological polar surface area (TPSA) is 20.3 Å². The van der Waals surface area contributed by atoms with Gasteiger partial charge in [-0.2, -0.15) is 0 Å². The zero-order chi connectivity index (χ0) is 13.8. The summed E-state index contributed by atoms with van der Waals surface area (Å²) < 4.78 is 0.890. The Balaban J connectivity index is 2.03. The Bertz CT molecular complexity index is 455. The Labute approximate surface area is 128 Å². The summed E-state index contributed by atoms with van der Waals surface area (Å²) in [5.74, 6) is 0.841. The van der Waals surface area contributed by atoms with Gasteiger partial charge in [-0.25, -0.2) is 0 Å². The Morgan fingerprint density at radius 1 is 1.42 bits per heavy atom. The Kier molecular flexibility index (Phi) is 5.28. The molecule has 2 nitrogen and oxygen atoms in total. The van der Waals surface area contributed by atoms with Gasteiger partial charge in [-0.15, -0.1) is 0 Å². The number of hydrogen-bond donors (Lipinski definition) is 0. The second-order valence-electron chi connectivity index (χ2n) is 5.15. The molecule has 0 radical (unpaired) electrons. The number of likely N-dealkylation sites (tertiary alicyclic amines) is 1. The van der Waals surface area contributed by atoms with Gasteiger partial charge in [-0.05, 0) is 37.0 Å². The minimum absolute atomic E-state index is 0.0567. The Morgan fingerprint density at radius 2 is 2.11 bits per heavy atom. The molecule has 0 aromatic heterocycles. The molecule has 1 aromatic carbocycles. The van der Waals surface area contributed by atoms with E-state index in [4.69, 9.17) is 11.6 Å². The molecule has 2 rings (SSSR count). The SMILES string of the molecule is CCCC1CCN(C(=O)c2cc(Br)ccc2Cl)CC1. The van der Waals surface area contributed by atoms with Crippen molar-refractivity contribution in [2.45, 2.75) is 32.6 Å². The van der Waals surface area contributed by atoms with Gasteiger partial charge in [0, 0.05) is 17.6 Å². The minimum Gasteiger partial charge on any atom is -0.339 e. The van der Waals surface area contributed by atoms with Gasteiger partial charge in [0.05, 0.1) is 10.6 Å². The van der Waals surface area contributed by atoms with Gasteiger partial charge in [0.25, 0.3) is 5.91 Å². The number of nitrogens with zero attached hydrogens (tertiary/aromatic N) is 1. The van der Waals surface area contributed by atoms with Crippen LogP contribution in [0.25, 0.3) is 0 Å². The van der Waals surface area contributed by atoms with Crippen molar-refractivity contribution in [3.63, 3.8) is 0 Å². The molecule has 1 saturated heterocycles. The molecule has 4 heteroatoms. The fourth-order valence-corrected chi connectivity index (χ4v) is 3.22. The standard InChI is InChI=1S/C15H19BrClNO/c1-2-3-11-6-8-18(9-7-11)15(19)13-10-12(16)4-5-14(13)17/h4-5,10-11H,2-3,6-9H2,1H3. The summed E-state index contributed by atoms with van der Waals surface area (Å²) in [5.41, 5.74) is 0.602. The summed E-state index contributed by atoms with van der Waals surface area (Å²) >= 11 is 9.51. The van der Waals surface area contributed by atoms with Crippen LogP contribution in [0.1, 0.15) is 43.0 Å². The lowest BCUT2D eigenvalue weighted by Gasteiger charge is -2.32. The minimum atomic E-state index is 0.0567. The van der Waals surface area contributed by atoms with Crippen LogP contribution in [0, 0.1) is 5.92 Å². The molecule has 1 aliphatic heterocycles. The average Bonchev–Trinajstić information content (AvgIpc) is 2.42. The lowest BCUT2D eigenvalue weighted by Crippen LogP contribution is -2.38. The van der Waals surface area contributed by atoms with E-state index >= 15 is 0 Å². The smallest absolute Gasteiger partial charge is 0.255 e. The highest BCUT2D eigenvalue weighted by Crippen LogP contribution is 2.26. The van der Waals surface area contributed by atoms with Gasteiger partial charge in [0.1, 0.15) is 0 Å². The summed E-state index contributed by atoms with van der Waals surface area (Å²) in [4.78, 5) is 14.4. The summed E-state index contributed by atoms with van der Waals surface area (Å²) in [6, 6.07) is 5.43. The van der Waals surface area contributed by atoms with E-state index in [-0.39, 0.29) is 5.91 Å². The first-order valence-corrected chi connectivity index (χ1v) is 8.03. The van der Waals surface area contributed by atoms with Crippen LogP contribution in [-0.4, -0.2) is 23.9 Å². The Morgan fingerprint density at radius 3 is 2.74 bits per heavy atom. The molecule has 104 valence electrons. The first-order valence-electron chi connectivity index (χ1n) is 6.86. The largest absolute Gasteiger partial charge is 0.339 e. The monoisotopic (exact) mass is 343 g/mol. The van der Waals surface area contributed by atoms with E-state index in [2.05, 4.69) is 22.9 Å². The molecule has 0 unspecified atom stereocenters. The van der Waals surface area contributed by atoms with Crippen molar-refractivity contribution >= 4 is 33.4 Å². The van der Waals surface area contributed by atoms with Crippen molar-refractivity contribution in [1.29, 1.82) is 0 Å². The highest BCUT2D eigenvalue weighted by Gasteiger charge is 2.24. The van der Waals surface area contributed by atoms with Crippen LogP contribution in [0.15, 0.2) is 22.7 Å². The maximum absolute atomic E-state index is 12.5. The van der Waals surface area contributed by atoms with Gasteiger partial charge >= 0.3 is 0 Å². The fourth-order valence-electron chi connectivity index (χ4n) is 2.66. The van der Waals surface area contributed by atoms with Gasteiger partial charge in [-0.3, -0.25) is 4.79 Å². The highest BCUT2D eigenvalue weighted by atomic mass is 79.9. The molecular formula is C15H19BrClNO. The molecular weight excluding hydrogens is 326 g/mol. The molecule has 19 heavy (non-hydrogen) atoms. The number of amides is 1. The number of carbonyl (C=O) groups is 1. The van der Waals surface area contributed by atoms with E-state index in [0.29, 0.717) is 10.6 Å². The van der Waals surface area contributed by atoms with E-state index < -0.39 is 0 Å². The molecule has 1 aromatic rings. The van der Waals surface area contributed by atoms with Crippen molar-refractivity contribution in [1.82, 2.24) is 4.90 Å². The molecule has 1 heterocycles. The second-order valence-corrected chi connectivity index (χ2v) is 6.47. The molecule has 0 atom stereocenters.